The van der Waals surface area contributed by atoms with Gasteiger partial charge in [0.25, 0.3) is 0 Å². The third-order valence-corrected chi connectivity index (χ3v) is 6.90. The maximum Gasteiger partial charge on any atom is 0.307 e. The van der Waals surface area contributed by atoms with E-state index in [-0.39, 0.29) is 6.04 Å². The molecule has 0 amide bonds. The van der Waals surface area contributed by atoms with Crippen LogP contribution in [0.3, 0.4) is 0 Å². The highest BCUT2D eigenvalue weighted by molar-refractivity contribution is 5.63. The molecule has 1 unspecified atom stereocenters. The van der Waals surface area contributed by atoms with Crippen molar-refractivity contribution in [3.05, 3.63) is 95.2 Å². The van der Waals surface area contributed by atoms with Gasteiger partial charge in [-0.05, 0) is 47.6 Å². The van der Waals surface area contributed by atoms with Crippen molar-refractivity contribution in [2.45, 2.75) is 52.5 Å². The predicted octanol–water partition coefficient (Wildman–Crippen LogP) is 7.90. The number of likely N-dealkylation sites (N-methyl/N-ethyl adjacent to an activating group) is 1. The number of aryl methyl sites for hydroxylation is 1. The van der Waals surface area contributed by atoms with Gasteiger partial charge in [-0.15, -0.1) is 0 Å². The molecule has 3 aromatic carbocycles. The van der Waals surface area contributed by atoms with Gasteiger partial charge in [0.05, 0.1) is 23.8 Å². The van der Waals surface area contributed by atoms with Gasteiger partial charge in [0.15, 0.2) is 0 Å². The van der Waals surface area contributed by atoms with Crippen LogP contribution >= 0.6 is 0 Å². The van der Waals surface area contributed by atoms with Gasteiger partial charge in [-0.1, -0.05) is 87.9 Å². The van der Waals surface area contributed by atoms with E-state index in [0.29, 0.717) is 17.8 Å². The first-order valence-electron chi connectivity index (χ1n) is 13.1. The Hall–Kier alpha value is -3.86. The minimum Gasteiger partial charge on any atom is -0.425 e. The molecule has 5 nitrogen and oxygen atoms in total. The first kappa shape index (κ1) is 24.8. The van der Waals surface area contributed by atoms with Crippen LogP contribution in [-0.2, 0) is 0 Å². The molecule has 5 rings (SSSR count). The minimum absolute atomic E-state index is 0.116. The van der Waals surface area contributed by atoms with Crippen LogP contribution in [0.15, 0.2) is 77.9 Å². The fraction of sp³-hybridized carbons (Fsp3) is 0.312. The van der Waals surface area contributed by atoms with E-state index >= 15 is 0 Å². The molecule has 0 saturated carbocycles. The lowest BCUT2D eigenvalue weighted by Gasteiger charge is -2.22. The third-order valence-electron chi connectivity index (χ3n) is 6.90. The van der Waals surface area contributed by atoms with Crippen molar-refractivity contribution in [2.75, 3.05) is 13.6 Å². The van der Waals surface area contributed by atoms with Crippen molar-refractivity contribution in [1.29, 1.82) is 0 Å². The summed E-state index contributed by atoms with van der Waals surface area (Å²) in [5, 5.41) is 0. The van der Waals surface area contributed by atoms with Gasteiger partial charge in [0.2, 0.25) is 0 Å². The molecule has 0 N–H and O–H groups in total. The quantitative estimate of drug-likeness (QED) is 0.263. The van der Waals surface area contributed by atoms with Crippen LogP contribution in [0.5, 0.6) is 11.8 Å². The Morgan fingerprint density at radius 1 is 0.892 bits per heavy atom. The van der Waals surface area contributed by atoms with E-state index in [1.54, 1.807) is 0 Å². The van der Waals surface area contributed by atoms with Crippen molar-refractivity contribution < 1.29 is 4.74 Å². The van der Waals surface area contributed by atoms with Crippen LogP contribution in [0, 0.1) is 6.92 Å². The molecular weight excluding hydrogens is 456 g/mol. The highest BCUT2D eigenvalue weighted by atomic mass is 16.5. The van der Waals surface area contributed by atoms with E-state index < -0.39 is 0 Å². The van der Waals surface area contributed by atoms with Crippen molar-refractivity contribution in [1.82, 2.24) is 14.5 Å². The summed E-state index contributed by atoms with van der Waals surface area (Å²) < 4.78 is 8.73. The molecule has 37 heavy (non-hydrogen) atoms. The molecule has 0 radical (unpaired) electrons. The zero-order valence-corrected chi connectivity index (χ0v) is 22.6. The fourth-order valence-electron chi connectivity index (χ4n) is 4.98. The average molecular weight is 493 g/mol. The van der Waals surface area contributed by atoms with Gasteiger partial charge in [0.1, 0.15) is 5.75 Å². The first-order chi connectivity index (χ1) is 17.8. The number of aromatic nitrogens is 2. The summed E-state index contributed by atoms with van der Waals surface area (Å²) in [7, 11) is 2.05. The lowest BCUT2D eigenvalue weighted by atomic mass is 9.90. The molecule has 0 bridgehead atoms. The number of nitrogens with zero attached hydrogens (tertiary/aromatic N) is 4. The Kier molecular flexibility index (Phi) is 6.88. The zero-order chi connectivity index (χ0) is 26.1. The zero-order valence-electron chi connectivity index (χ0n) is 22.6. The van der Waals surface area contributed by atoms with Crippen LogP contribution in [-0.4, -0.2) is 34.4 Å². The molecule has 1 aliphatic rings. The highest BCUT2D eigenvalue weighted by Crippen LogP contribution is 2.38. The Morgan fingerprint density at radius 3 is 2.22 bits per heavy atom. The summed E-state index contributed by atoms with van der Waals surface area (Å²) in [4.78, 5) is 11.8. The lowest BCUT2D eigenvalue weighted by Crippen LogP contribution is -2.14. The van der Waals surface area contributed by atoms with Gasteiger partial charge < -0.3 is 9.64 Å². The molecule has 0 aliphatic carbocycles. The number of rotatable bonds is 7. The van der Waals surface area contributed by atoms with Gasteiger partial charge >= 0.3 is 6.01 Å². The summed E-state index contributed by atoms with van der Waals surface area (Å²) in [5.74, 6) is 1.46. The molecule has 5 heteroatoms. The Morgan fingerprint density at radius 2 is 1.59 bits per heavy atom. The van der Waals surface area contributed by atoms with Crippen molar-refractivity contribution in [3.63, 3.8) is 0 Å². The average Bonchev–Trinajstić information content (AvgIpc) is 3.50. The van der Waals surface area contributed by atoms with Crippen LogP contribution in [0.2, 0.25) is 0 Å². The molecular formula is C32H36N4O. The Balaban J connectivity index is 1.65. The first-order valence-corrected chi connectivity index (χ1v) is 13.1. The second kappa shape index (κ2) is 10.3. The molecule has 1 aromatic heterocycles. The summed E-state index contributed by atoms with van der Waals surface area (Å²) in [6, 6.07) is 23.8. The minimum atomic E-state index is 0.116. The lowest BCUT2D eigenvalue weighted by molar-refractivity contribution is 0.432. The van der Waals surface area contributed by atoms with Gasteiger partial charge in [-0.25, -0.2) is 0 Å². The van der Waals surface area contributed by atoms with E-state index in [1.165, 1.54) is 22.4 Å². The summed E-state index contributed by atoms with van der Waals surface area (Å²) in [6.45, 7) is 12.0. The van der Waals surface area contributed by atoms with E-state index in [0.717, 1.165) is 29.1 Å². The van der Waals surface area contributed by atoms with E-state index in [1.807, 2.05) is 43.7 Å². The number of imidazole rings is 1. The SMILES string of the molecule is Cc1cc(C(C)C)c(-n2cc(-c3ccccc3)nc2Oc2cccc(C3CN(C)C=N3)c2)c(C(C)C)c1. The van der Waals surface area contributed by atoms with Gasteiger partial charge in [0, 0.05) is 25.4 Å². The second-order valence-electron chi connectivity index (χ2n) is 10.6. The number of aliphatic imine (C=N–C) groups is 1. The standard InChI is InChI=1S/C32H36N4O/c1-21(2)27-15-23(5)16-28(22(3)4)31(27)36-19-30(24-11-8-7-9-12-24)34-32(36)37-26-14-10-13-25(17-26)29-18-35(6)20-33-29/h7-17,19-22,29H,18H2,1-6H3. The van der Waals surface area contributed by atoms with Crippen molar-refractivity contribution in [3.8, 4) is 28.7 Å². The number of benzene rings is 3. The number of hydrogen-bond donors (Lipinski definition) is 0. The molecule has 0 fully saturated rings. The summed E-state index contributed by atoms with van der Waals surface area (Å²) in [6.07, 6.45) is 4.02. The van der Waals surface area contributed by atoms with Crippen molar-refractivity contribution in [2.24, 2.45) is 4.99 Å². The van der Waals surface area contributed by atoms with E-state index in [4.69, 9.17) is 9.72 Å². The molecule has 2 heterocycles. The Bertz CT molecular complexity index is 1390. The van der Waals surface area contributed by atoms with Gasteiger partial charge in [-0.2, -0.15) is 4.98 Å². The maximum atomic E-state index is 6.58. The third kappa shape index (κ3) is 5.17. The smallest absolute Gasteiger partial charge is 0.307 e. The number of hydrogen-bond acceptors (Lipinski definition) is 4. The molecule has 1 atom stereocenters. The summed E-state index contributed by atoms with van der Waals surface area (Å²) >= 11 is 0. The second-order valence-corrected chi connectivity index (χ2v) is 10.6. The van der Waals surface area contributed by atoms with Crippen molar-refractivity contribution >= 4 is 6.34 Å². The topological polar surface area (TPSA) is 42.6 Å². The molecule has 0 spiro atoms. The monoisotopic (exact) mass is 492 g/mol. The van der Waals surface area contributed by atoms with Crippen LogP contribution in [0.4, 0.5) is 0 Å². The normalized spacial score (nSPS) is 15.2. The Labute approximate surface area is 220 Å². The summed E-state index contributed by atoms with van der Waals surface area (Å²) in [5.41, 5.74) is 8.12. The van der Waals surface area contributed by atoms with Crippen LogP contribution in [0.1, 0.15) is 67.8 Å². The largest absolute Gasteiger partial charge is 0.425 e. The highest BCUT2D eigenvalue weighted by Gasteiger charge is 2.23. The van der Waals surface area contributed by atoms with Crippen LogP contribution in [0.25, 0.3) is 16.9 Å². The maximum absolute atomic E-state index is 6.58. The molecule has 4 aromatic rings. The fourth-order valence-corrected chi connectivity index (χ4v) is 4.98. The number of ether oxygens (including phenoxy) is 1. The van der Waals surface area contributed by atoms with E-state index in [9.17, 15) is 0 Å². The molecule has 0 saturated heterocycles. The van der Waals surface area contributed by atoms with E-state index in [2.05, 4.69) is 91.7 Å². The van der Waals surface area contributed by atoms with Gasteiger partial charge in [-0.3, -0.25) is 9.56 Å². The molecule has 1 aliphatic heterocycles. The van der Waals surface area contributed by atoms with Crippen LogP contribution < -0.4 is 4.74 Å². The predicted molar refractivity (Wildman–Crippen MR) is 152 cm³/mol. The molecule has 190 valence electrons.